The second kappa shape index (κ2) is 7.21. The second-order valence-corrected chi connectivity index (χ2v) is 5.35. The summed E-state index contributed by atoms with van der Waals surface area (Å²) in [5, 5.41) is 13.1. The summed E-state index contributed by atoms with van der Waals surface area (Å²) in [6.45, 7) is 2.07. The van der Waals surface area contributed by atoms with Crippen LogP contribution in [0.25, 0.3) is 0 Å². The highest BCUT2D eigenvalue weighted by molar-refractivity contribution is 6.35. The standard InChI is InChI=1S/C16H14Cl2N2O/c1-11(15-7-2-12(17)10-16(15)18)20-13-3-5-14(6-4-13)21-9-8-19/h2-7,10-11,20H,9H2,1H3. The SMILES string of the molecule is CC(Nc1ccc(OCC#N)cc1)c1ccc(Cl)cc1Cl. The van der Waals surface area contributed by atoms with Crippen LogP contribution < -0.4 is 10.1 Å². The molecule has 0 aliphatic heterocycles. The van der Waals surface area contributed by atoms with Crippen molar-refractivity contribution in [2.45, 2.75) is 13.0 Å². The van der Waals surface area contributed by atoms with E-state index in [1.807, 2.05) is 49.4 Å². The number of rotatable bonds is 5. The van der Waals surface area contributed by atoms with Crippen LogP contribution in [0.2, 0.25) is 10.0 Å². The van der Waals surface area contributed by atoms with Gasteiger partial charge < -0.3 is 10.1 Å². The van der Waals surface area contributed by atoms with Crippen LogP contribution in [-0.2, 0) is 0 Å². The van der Waals surface area contributed by atoms with Gasteiger partial charge in [0.15, 0.2) is 6.61 Å². The first-order valence-electron chi connectivity index (χ1n) is 6.41. The number of hydrogen-bond acceptors (Lipinski definition) is 3. The maximum Gasteiger partial charge on any atom is 0.174 e. The number of halogens is 2. The van der Waals surface area contributed by atoms with E-state index in [-0.39, 0.29) is 12.6 Å². The first kappa shape index (κ1) is 15.5. The Kier molecular flexibility index (Phi) is 5.32. The number of nitrogens with zero attached hydrogens (tertiary/aromatic N) is 1. The number of benzene rings is 2. The van der Waals surface area contributed by atoms with Gasteiger partial charge in [0.25, 0.3) is 0 Å². The fourth-order valence-corrected chi connectivity index (χ4v) is 2.52. The average Bonchev–Trinajstić information content (AvgIpc) is 2.46. The van der Waals surface area contributed by atoms with Gasteiger partial charge in [0.1, 0.15) is 11.8 Å². The topological polar surface area (TPSA) is 45.0 Å². The molecule has 3 nitrogen and oxygen atoms in total. The minimum absolute atomic E-state index is 0.0423. The van der Waals surface area contributed by atoms with Crippen LogP contribution in [0, 0.1) is 11.3 Å². The normalized spacial score (nSPS) is 11.5. The molecule has 108 valence electrons. The largest absolute Gasteiger partial charge is 0.479 e. The first-order valence-corrected chi connectivity index (χ1v) is 7.17. The van der Waals surface area contributed by atoms with Gasteiger partial charge >= 0.3 is 0 Å². The first-order chi connectivity index (χ1) is 10.1. The van der Waals surface area contributed by atoms with E-state index >= 15 is 0 Å². The summed E-state index contributed by atoms with van der Waals surface area (Å²) in [5.41, 5.74) is 1.92. The van der Waals surface area contributed by atoms with E-state index in [0.29, 0.717) is 15.8 Å². The maximum absolute atomic E-state index is 8.46. The molecule has 21 heavy (non-hydrogen) atoms. The van der Waals surface area contributed by atoms with Crippen molar-refractivity contribution < 1.29 is 4.74 Å². The lowest BCUT2D eigenvalue weighted by atomic mass is 10.1. The van der Waals surface area contributed by atoms with Gasteiger partial charge in [-0.1, -0.05) is 29.3 Å². The van der Waals surface area contributed by atoms with E-state index in [0.717, 1.165) is 11.3 Å². The Hall–Kier alpha value is -1.89. The third kappa shape index (κ3) is 4.29. The van der Waals surface area contributed by atoms with E-state index in [1.54, 1.807) is 6.07 Å². The van der Waals surface area contributed by atoms with Crippen molar-refractivity contribution >= 4 is 28.9 Å². The van der Waals surface area contributed by atoms with Crippen LogP contribution in [0.1, 0.15) is 18.5 Å². The van der Waals surface area contributed by atoms with Gasteiger partial charge in [-0.2, -0.15) is 5.26 Å². The smallest absolute Gasteiger partial charge is 0.174 e. The van der Waals surface area contributed by atoms with Crippen LogP contribution in [0.3, 0.4) is 0 Å². The second-order valence-electron chi connectivity index (χ2n) is 4.50. The molecule has 0 aliphatic carbocycles. The predicted octanol–water partition coefficient (Wildman–Crippen LogP) is 5.07. The van der Waals surface area contributed by atoms with Gasteiger partial charge in [-0.15, -0.1) is 0 Å². The molecule has 0 fully saturated rings. The predicted molar refractivity (Wildman–Crippen MR) is 86.0 cm³/mol. The molecule has 0 spiro atoms. The third-order valence-corrected chi connectivity index (χ3v) is 3.53. The minimum atomic E-state index is 0.0423. The molecule has 2 aromatic rings. The van der Waals surface area contributed by atoms with E-state index in [4.69, 9.17) is 33.2 Å². The molecule has 0 saturated heterocycles. The molecule has 0 radical (unpaired) electrons. The molecule has 0 heterocycles. The highest BCUT2D eigenvalue weighted by atomic mass is 35.5. The average molecular weight is 321 g/mol. The van der Waals surface area contributed by atoms with Crippen molar-refractivity contribution in [1.29, 1.82) is 5.26 Å². The highest BCUT2D eigenvalue weighted by Crippen LogP contribution is 2.28. The number of ether oxygens (including phenoxy) is 1. The third-order valence-electron chi connectivity index (χ3n) is 2.97. The summed E-state index contributed by atoms with van der Waals surface area (Å²) in [7, 11) is 0. The Morgan fingerprint density at radius 1 is 1.19 bits per heavy atom. The lowest BCUT2D eigenvalue weighted by Crippen LogP contribution is -2.07. The van der Waals surface area contributed by atoms with Crippen LogP contribution in [0.4, 0.5) is 5.69 Å². The van der Waals surface area contributed by atoms with Crippen molar-refractivity contribution in [2.24, 2.45) is 0 Å². The lowest BCUT2D eigenvalue weighted by Gasteiger charge is -2.17. The fraction of sp³-hybridized carbons (Fsp3) is 0.188. The van der Waals surface area contributed by atoms with Crippen LogP contribution >= 0.6 is 23.2 Å². The molecule has 2 aromatic carbocycles. The van der Waals surface area contributed by atoms with E-state index in [2.05, 4.69) is 5.32 Å². The zero-order valence-electron chi connectivity index (χ0n) is 11.4. The quantitative estimate of drug-likeness (QED) is 0.836. The Bertz CT molecular complexity index is 650. The molecule has 0 bridgehead atoms. The van der Waals surface area contributed by atoms with Gasteiger partial charge in [-0.25, -0.2) is 0 Å². The number of nitrogens with one attached hydrogen (secondary N) is 1. The molecular weight excluding hydrogens is 307 g/mol. The van der Waals surface area contributed by atoms with Crippen molar-refractivity contribution in [1.82, 2.24) is 0 Å². The number of anilines is 1. The monoisotopic (exact) mass is 320 g/mol. The van der Waals surface area contributed by atoms with Crippen LogP contribution in [0.5, 0.6) is 5.75 Å². The van der Waals surface area contributed by atoms with Crippen molar-refractivity contribution in [3.05, 3.63) is 58.1 Å². The molecule has 0 amide bonds. The summed E-state index contributed by atoms with van der Waals surface area (Å²) in [6, 6.07) is 14.9. The summed E-state index contributed by atoms with van der Waals surface area (Å²) in [4.78, 5) is 0. The van der Waals surface area contributed by atoms with E-state index in [1.165, 1.54) is 0 Å². The fourth-order valence-electron chi connectivity index (χ4n) is 1.94. The van der Waals surface area contributed by atoms with Crippen molar-refractivity contribution in [3.8, 4) is 11.8 Å². The van der Waals surface area contributed by atoms with Gasteiger partial charge in [-0.3, -0.25) is 0 Å². The minimum Gasteiger partial charge on any atom is -0.479 e. The van der Waals surface area contributed by atoms with E-state index in [9.17, 15) is 0 Å². The van der Waals surface area contributed by atoms with Crippen LogP contribution in [-0.4, -0.2) is 6.61 Å². The highest BCUT2D eigenvalue weighted by Gasteiger charge is 2.10. The summed E-state index contributed by atoms with van der Waals surface area (Å²) >= 11 is 12.1. The zero-order chi connectivity index (χ0) is 15.2. The molecular formula is C16H14Cl2N2O. The number of hydrogen-bond donors (Lipinski definition) is 1. The molecule has 0 saturated carbocycles. The van der Waals surface area contributed by atoms with Gasteiger partial charge in [-0.05, 0) is 48.9 Å². The molecule has 1 N–H and O–H groups in total. The van der Waals surface area contributed by atoms with Gasteiger partial charge in [0.05, 0.1) is 0 Å². The Morgan fingerprint density at radius 3 is 2.52 bits per heavy atom. The molecule has 1 unspecified atom stereocenters. The maximum atomic E-state index is 8.46. The molecule has 0 aliphatic rings. The molecule has 1 atom stereocenters. The molecule has 5 heteroatoms. The van der Waals surface area contributed by atoms with Gasteiger partial charge in [0.2, 0.25) is 0 Å². The van der Waals surface area contributed by atoms with Crippen molar-refractivity contribution in [2.75, 3.05) is 11.9 Å². The Labute approximate surface area is 134 Å². The lowest BCUT2D eigenvalue weighted by molar-refractivity contribution is 0.368. The number of nitriles is 1. The zero-order valence-corrected chi connectivity index (χ0v) is 12.9. The van der Waals surface area contributed by atoms with Crippen LogP contribution in [0.15, 0.2) is 42.5 Å². The van der Waals surface area contributed by atoms with Crippen molar-refractivity contribution in [3.63, 3.8) is 0 Å². The molecule has 2 rings (SSSR count). The summed E-state index contributed by atoms with van der Waals surface area (Å²) in [6.07, 6.45) is 0. The van der Waals surface area contributed by atoms with E-state index < -0.39 is 0 Å². The summed E-state index contributed by atoms with van der Waals surface area (Å²) < 4.78 is 5.21. The molecule has 0 aromatic heterocycles. The van der Waals surface area contributed by atoms with Gasteiger partial charge in [0, 0.05) is 21.8 Å². The Morgan fingerprint density at radius 2 is 1.90 bits per heavy atom. The Balaban J connectivity index is 2.05. The summed E-state index contributed by atoms with van der Waals surface area (Å²) in [5.74, 6) is 0.666.